The van der Waals surface area contributed by atoms with Gasteiger partial charge in [-0.2, -0.15) is 5.10 Å². The highest BCUT2D eigenvalue weighted by Crippen LogP contribution is 2.86. The summed E-state index contributed by atoms with van der Waals surface area (Å²) in [7, 11) is 0. The quantitative estimate of drug-likeness (QED) is 0.698. The largest absolute Gasteiger partial charge is 0.365 e. The molecule has 3 bridgehead atoms. The molecule has 0 saturated heterocycles. The molecular weight excluding hydrogens is 445 g/mol. The summed E-state index contributed by atoms with van der Waals surface area (Å²) in [6.45, 7) is 6.15. The summed E-state index contributed by atoms with van der Waals surface area (Å²) in [5.74, 6) is -0.314. The number of aromatic nitrogens is 2. The molecule has 2 heterocycles. The monoisotopic (exact) mass is 477 g/mol. The molecular formula is C27H32FN5O2. The molecule has 3 amide bonds. The molecule has 5 aliphatic rings. The highest BCUT2D eigenvalue weighted by atomic mass is 19.1. The van der Waals surface area contributed by atoms with E-state index in [1.165, 1.54) is 31.4 Å². The molecule has 1 spiro atoms. The highest BCUT2D eigenvalue weighted by Gasteiger charge is 2.80. The van der Waals surface area contributed by atoms with E-state index in [-0.39, 0.29) is 23.7 Å². The van der Waals surface area contributed by atoms with Gasteiger partial charge in [0.2, 0.25) is 0 Å². The van der Waals surface area contributed by atoms with E-state index in [4.69, 9.17) is 5.73 Å². The van der Waals surface area contributed by atoms with Gasteiger partial charge >= 0.3 is 6.03 Å². The van der Waals surface area contributed by atoms with Gasteiger partial charge in [-0.15, -0.1) is 0 Å². The minimum Gasteiger partial charge on any atom is -0.365 e. The van der Waals surface area contributed by atoms with E-state index in [0.717, 1.165) is 19.3 Å². The highest BCUT2D eigenvalue weighted by molar-refractivity contribution is 6.00. The van der Waals surface area contributed by atoms with Gasteiger partial charge in [-0.25, -0.2) is 9.18 Å². The van der Waals surface area contributed by atoms with Crippen LogP contribution in [0.25, 0.3) is 11.3 Å². The summed E-state index contributed by atoms with van der Waals surface area (Å²) >= 11 is 0. The first kappa shape index (κ1) is 21.4. The Morgan fingerprint density at radius 3 is 2.71 bits per heavy atom. The number of carbonyl (C=O) groups excluding carboxylic acids is 2. The maximum absolute atomic E-state index is 13.9. The predicted octanol–water partition coefficient (Wildman–Crippen LogP) is 4.06. The van der Waals surface area contributed by atoms with E-state index >= 15 is 0 Å². The lowest BCUT2D eigenvalue weighted by molar-refractivity contribution is -0.157. The van der Waals surface area contributed by atoms with Crippen LogP contribution in [0.15, 0.2) is 24.3 Å². The third-order valence-corrected chi connectivity index (χ3v) is 10.5. The van der Waals surface area contributed by atoms with Gasteiger partial charge in [-0.1, -0.05) is 26.0 Å². The lowest BCUT2D eigenvalue weighted by Gasteiger charge is -2.64. The number of hydrogen-bond donors (Lipinski definition) is 2. The Balaban J connectivity index is 1.16. The van der Waals surface area contributed by atoms with Crippen LogP contribution in [0.5, 0.6) is 0 Å². The van der Waals surface area contributed by atoms with Crippen molar-refractivity contribution in [1.82, 2.24) is 20.0 Å². The topological polar surface area (TPSA) is 93.2 Å². The van der Waals surface area contributed by atoms with Crippen molar-refractivity contribution in [2.75, 3.05) is 6.54 Å². The minimum absolute atomic E-state index is 0.0653. The molecule has 1 aromatic carbocycles. The zero-order valence-electron chi connectivity index (χ0n) is 20.4. The van der Waals surface area contributed by atoms with Crippen LogP contribution in [-0.4, -0.2) is 38.7 Å². The molecule has 7 nitrogen and oxygen atoms in total. The average Bonchev–Trinajstić information content (AvgIpc) is 3.29. The number of nitrogens with two attached hydrogens (primary N) is 1. The van der Waals surface area contributed by atoms with Crippen LogP contribution in [0.3, 0.4) is 0 Å². The first-order valence-corrected chi connectivity index (χ1v) is 12.8. The number of halogens is 1. The first-order chi connectivity index (χ1) is 16.6. The molecule has 2 aromatic rings. The number of amides is 3. The van der Waals surface area contributed by atoms with Crippen LogP contribution in [0.1, 0.15) is 68.4 Å². The Bertz CT molecular complexity index is 1310. The summed E-state index contributed by atoms with van der Waals surface area (Å²) in [6.07, 6.45) is 7.14. The molecule has 184 valence electrons. The van der Waals surface area contributed by atoms with Crippen LogP contribution >= 0.6 is 0 Å². The fourth-order valence-electron chi connectivity index (χ4n) is 9.78. The van der Waals surface area contributed by atoms with Gasteiger partial charge in [0.05, 0.1) is 24.3 Å². The van der Waals surface area contributed by atoms with Crippen molar-refractivity contribution in [3.8, 4) is 11.3 Å². The van der Waals surface area contributed by atoms with Gasteiger partial charge in [-0.3, -0.25) is 9.48 Å². The third kappa shape index (κ3) is 2.63. The van der Waals surface area contributed by atoms with Gasteiger partial charge in [0.15, 0.2) is 0 Å². The van der Waals surface area contributed by atoms with Crippen molar-refractivity contribution in [2.45, 2.75) is 71.0 Å². The molecule has 4 aliphatic carbocycles. The number of primary amides is 1. The molecule has 4 saturated carbocycles. The third-order valence-electron chi connectivity index (χ3n) is 10.5. The zero-order valence-corrected chi connectivity index (χ0v) is 20.4. The maximum atomic E-state index is 13.9. The summed E-state index contributed by atoms with van der Waals surface area (Å²) in [4.78, 5) is 27.8. The molecule has 1 aliphatic heterocycles. The Labute approximate surface area is 204 Å². The number of nitrogens with zero attached hydrogens (tertiary/aromatic N) is 3. The summed E-state index contributed by atoms with van der Waals surface area (Å²) in [6, 6.07) is 5.94. The number of rotatable bonds is 3. The smallest absolute Gasteiger partial charge is 0.318 e. The van der Waals surface area contributed by atoms with E-state index in [1.54, 1.807) is 21.7 Å². The van der Waals surface area contributed by atoms with Gasteiger partial charge < -0.3 is 16.0 Å². The second kappa shape index (κ2) is 6.45. The number of fused-ring (bicyclic) bond motifs is 3. The Morgan fingerprint density at radius 1 is 1.11 bits per heavy atom. The van der Waals surface area contributed by atoms with E-state index in [1.807, 2.05) is 0 Å². The van der Waals surface area contributed by atoms with Crippen LogP contribution in [0.2, 0.25) is 0 Å². The van der Waals surface area contributed by atoms with Crippen LogP contribution in [0, 0.1) is 28.0 Å². The van der Waals surface area contributed by atoms with Crippen LogP contribution in [0.4, 0.5) is 9.18 Å². The Morgan fingerprint density at radius 2 is 1.94 bits per heavy atom. The van der Waals surface area contributed by atoms with Gasteiger partial charge in [0, 0.05) is 17.6 Å². The lowest BCUT2D eigenvalue weighted by Crippen LogP contribution is -2.57. The molecule has 35 heavy (non-hydrogen) atoms. The average molecular weight is 478 g/mol. The van der Waals surface area contributed by atoms with Crippen molar-refractivity contribution in [3.63, 3.8) is 0 Å². The number of urea groups is 1. The normalized spacial score (nSPS) is 38.1. The molecule has 8 heteroatoms. The Kier molecular flexibility index (Phi) is 3.94. The van der Waals surface area contributed by atoms with E-state index in [0.29, 0.717) is 52.2 Å². The van der Waals surface area contributed by atoms with Crippen molar-refractivity contribution in [2.24, 2.45) is 27.9 Å². The predicted molar refractivity (Wildman–Crippen MR) is 128 cm³/mol. The minimum atomic E-state index is -0.617. The van der Waals surface area contributed by atoms with E-state index in [2.05, 4.69) is 24.3 Å². The zero-order chi connectivity index (χ0) is 24.4. The molecule has 4 fully saturated rings. The molecule has 7 rings (SSSR count). The number of nitrogens with one attached hydrogen (secondary N) is 1. The second-order valence-electron chi connectivity index (χ2n) is 12.6. The molecule has 5 unspecified atom stereocenters. The molecule has 5 atom stereocenters. The van der Waals surface area contributed by atoms with Crippen molar-refractivity contribution in [3.05, 3.63) is 41.3 Å². The fourth-order valence-corrected chi connectivity index (χ4v) is 9.78. The SMILES string of the molecule is CC12CC3CC4(NC(=O)N5CCn6nc(-c7cccc(F)c7)c(C(N)=O)c6C5)CC(C)(C1)C2(C3)C4. The van der Waals surface area contributed by atoms with Crippen molar-refractivity contribution < 1.29 is 14.0 Å². The second-order valence-corrected chi connectivity index (χ2v) is 12.6. The number of benzene rings is 1. The van der Waals surface area contributed by atoms with Crippen molar-refractivity contribution in [1.29, 1.82) is 0 Å². The van der Waals surface area contributed by atoms with Gasteiger partial charge in [0.25, 0.3) is 5.91 Å². The van der Waals surface area contributed by atoms with Crippen LogP contribution in [-0.2, 0) is 13.1 Å². The van der Waals surface area contributed by atoms with Gasteiger partial charge in [0.1, 0.15) is 11.5 Å². The van der Waals surface area contributed by atoms with E-state index in [9.17, 15) is 14.0 Å². The van der Waals surface area contributed by atoms with Gasteiger partial charge in [-0.05, 0) is 72.8 Å². The number of carbonyl (C=O) groups is 2. The standard InChI is InChI=1S/C27H32FN5O2/c1-24-9-16-10-26(14-25(2,13-24)27(24,11-16)15-26)30-23(35)32-6-7-33-19(12-32)20(22(29)34)21(31-33)17-4-3-5-18(28)8-17/h3-5,8,16H,6-7,9-15H2,1-2H3,(H2,29,34)(H,30,35). The summed E-state index contributed by atoms with van der Waals surface area (Å²) in [5.41, 5.74) is 8.55. The summed E-state index contributed by atoms with van der Waals surface area (Å²) < 4.78 is 15.6. The fraction of sp³-hybridized carbons (Fsp3) is 0.593. The first-order valence-electron chi connectivity index (χ1n) is 12.8. The van der Waals surface area contributed by atoms with E-state index < -0.39 is 11.7 Å². The Hall–Kier alpha value is -2.90. The van der Waals surface area contributed by atoms with Crippen LogP contribution < -0.4 is 11.1 Å². The number of hydrogen-bond acceptors (Lipinski definition) is 3. The maximum Gasteiger partial charge on any atom is 0.318 e. The lowest BCUT2D eigenvalue weighted by atomic mass is 9.40. The molecule has 0 radical (unpaired) electrons. The van der Waals surface area contributed by atoms with Crippen molar-refractivity contribution >= 4 is 11.9 Å². The molecule has 1 aromatic heterocycles. The summed E-state index contributed by atoms with van der Waals surface area (Å²) in [5, 5.41) is 8.09. The molecule has 3 N–H and O–H groups in total.